The number of nitrogens with one attached hydrogen (secondary N) is 1. The molecule has 0 unspecified atom stereocenters. The number of para-hydroxylation sites is 3. The number of carbonyl (C=O) groups excluding carboxylic acids is 1. The first-order chi connectivity index (χ1) is 17.1. The fraction of sp³-hybridized carbons (Fsp3) is 0.111. The molecule has 0 atom stereocenters. The molecule has 2 aromatic heterocycles. The average molecular weight is 489 g/mol. The topological polar surface area (TPSA) is 73.6 Å². The number of fused-ring (bicyclic) bond motifs is 1. The standard InChI is InChI=1S/C27H21FN2O4S/c1-32-23-8-4-5-9-24(23)33-16-21-20-6-2-3-7-22(20)34-25(21)26(31)30-27-29-15-19(35-27)14-17-10-12-18(28)13-11-17/h2-13,15H,14,16H2,1H3,(H,29,30,31). The van der Waals surface area contributed by atoms with Crippen molar-refractivity contribution in [3.63, 3.8) is 0 Å². The minimum Gasteiger partial charge on any atom is -0.493 e. The molecule has 0 saturated carbocycles. The Hall–Kier alpha value is -4.17. The number of anilines is 1. The van der Waals surface area contributed by atoms with Crippen molar-refractivity contribution in [1.82, 2.24) is 4.98 Å². The van der Waals surface area contributed by atoms with Gasteiger partial charge >= 0.3 is 0 Å². The van der Waals surface area contributed by atoms with Gasteiger partial charge in [0.25, 0.3) is 5.91 Å². The summed E-state index contributed by atoms with van der Waals surface area (Å²) >= 11 is 1.36. The lowest BCUT2D eigenvalue weighted by Crippen LogP contribution is -2.13. The summed E-state index contributed by atoms with van der Waals surface area (Å²) in [6.07, 6.45) is 2.30. The van der Waals surface area contributed by atoms with Gasteiger partial charge in [0, 0.05) is 28.4 Å². The molecule has 6 nitrogen and oxygen atoms in total. The van der Waals surface area contributed by atoms with Crippen molar-refractivity contribution in [2.75, 3.05) is 12.4 Å². The van der Waals surface area contributed by atoms with E-state index in [4.69, 9.17) is 13.9 Å². The Balaban J connectivity index is 1.36. The number of thiazole rings is 1. The number of methoxy groups -OCH3 is 1. The molecule has 1 N–H and O–H groups in total. The number of carbonyl (C=O) groups is 1. The van der Waals surface area contributed by atoms with Gasteiger partial charge in [-0.1, -0.05) is 42.5 Å². The number of furan rings is 1. The van der Waals surface area contributed by atoms with Gasteiger partial charge in [0.1, 0.15) is 18.0 Å². The minimum atomic E-state index is -0.414. The lowest BCUT2D eigenvalue weighted by atomic mass is 10.1. The van der Waals surface area contributed by atoms with Gasteiger partial charge in [0.15, 0.2) is 22.4 Å². The maximum Gasteiger partial charge on any atom is 0.293 e. The van der Waals surface area contributed by atoms with E-state index in [2.05, 4.69) is 10.3 Å². The zero-order valence-corrected chi connectivity index (χ0v) is 19.6. The molecule has 2 heterocycles. The molecule has 0 aliphatic rings. The zero-order valence-electron chi connectivity index (χ0n) is 18.8. The highest BCUT2D eigenvalue weighted by Gasteiger charge is 2.22. The van der Waals surface area contributed by atoms with Crippen LogP contribution >= 0.6 is 11.3 Å². The molecule has 8 heteroatoms. The first-order valence-electron chi connectivity index (χ1n) is 10.9. The van der Waals surface area contributed by atoms with Crippen molar-refractivity contribution in [1.29, 1.82) is 0 Å². The first-order valence-corrected chi connectivity index (χ1v) is 11.7. The summed E-state index contributed by atoms with van der Waals surface area (Å²) in [4.78, 5) is 18.4. The molecule has 3 aromatic carbocycles. The van der Waals surface area contributed by atoms with Crippen LogP contribution in [0.25, 0.3) is 11.0 Å². The van der Waals surface area contributed by atoms with Crippen LogP contribution in [0.5, 0.6) is 11.5 Å². The van der Waals surface area contributed by atoms with Crippen LogP contribution in [-0.4, -0.2) is 18.0 Å². The van der Waals surface area contributed by atoms with E-state index in [9.17, 15) is 9.18 Å². The second kappa shape index (κ2) is 9.99. The summed E-state index contributed by atoms with van der Waals surface area (Å²) in [6, 6.07) is 21.1. The third-order valence-electron chi connectivity index (χ3n) is 5.41. The van der Waals surface area contributed by atoms with Crippen LogP contribution in [-0.2, 0) is 13.0 Å². The van der Waals surface area contributed by atoms with Gasteiger partial charge in [-0.25, -0.2) is 9.37 Å². The van der Waals surface area contributed by atoms with Crippen LogP contribution in [0, 0.1) is 5.82 Å². The molecule has 0 radical (unpaired) electrons. The van der Waals surface area contributed by atoms with E-state index in [1.54, 1.807) is 31.5 Å². The highest BCUT2D eigenvalue weighted by atomic mass is 32.1. The summed E-state index contributed by atoms with van der Waals surface area (Å²) in [5.74, 6) is 0.640. The normalized spacial score (nSPS) is 10.9. The molecule has 0 bridgehead atoms. The molecule has 0 fully saturated rings. The van der Waals surface area contributed by atoms with Crippen LogP contribution in [0.3, 0.4) is 0 Å². The van der Waals surface area contributed by atoms with Gasteiger partial charge in [-0.3, -0.25) is 10.1 Å². The molecule has 176 valence electrons. The minimum absolute atomic E-state index is 0.119. The number of hydrogen-bond donors (Lipinski definition) is 1. The largest absolute Gasteiger partial charge is 0.493 e. The smallest absolute Gasteiger partial charge is 0.293 e. The molecular formula is C27H21FN2O4S. The van der Waals surface area contributed by atoms with Crippen LogP contribution in [0.4, 0.5) is 9.52 Å². The Kier molecular flexibility index (Phi) is 6.45. The van der Waals surface area contributed by atoms with Crippen LogP contribution < -0.4 is 14.8 Å². The molecule has 0 aliphatic carbocycles. The summed E-state index contributed by atoms with van der Waals surface area (Å²) in [5.41, 5.74) is 2.18. The van der Waals surface area contributed by atoms with Crippen molar-refractivity contribution >= 4 is 33.3 Å². The summed E-state index contributed by atoms with van der Waals surface area (Å²) < 4.78 is 30.4. The molecule has 5 rings (SSSR count). The molecule has 1 amide bonds. The van der Waals surface area contributed by atoms with E-state index in [0.29, 0.717) is 34.2 Å². The van der Waals surface area contributed by atoms with E-state index in [1.165, 1.54) is 23.5 Å². The molecule has 0 aliphatic heterocycles. The number of benzene rings is 3. The average Bonchev–Trinajstić information content (AvgIpc) is 3.48. The zero-order chi connectivity index (χ0) is 24.2. The van der Waals surface area contributed by atoms with Crippen molar-refractivity contribution < 1.29 is 23.1 Å². The second-order valence-electron chi connectivity index (χ2n) is 7.73. The second-order valence-corrected chi connectivity index (χ2v) is 8.85. The Morgan fingerprint density at radius 3 is 2.57 bits per heavy atom. The Morgan fingerprint density at radius 1 is 1.03 bits per heavy atom. The lowest BCUT2D eigenvalue weighted by molar-refractivity contribution is 0.0995. The SMILES string of the molecule is COc1ccccc1OCc1c(C(=O)Nc2ncc(Cc3ccc(F)cc3)s2)oc2ccccc12. The lowest BCUT2D eigenvalue weighted by Gasteiger charge is -2.10. The van der Waals surface area contributed by atoms with Crippen LogP contribution in [0.1, 0.15) is 26.6 Å². The number of hydrogen-bond acceptors (Lipinski definition) is 6. The molecular weight excluding hydrogens is 467 g/mol. The Morgan fingerprint density at radius 2 is 1.77 bits per heavy atom. The fourth-order valence-corrected chi connectivity index (χ4v) is 4.56. The first kappa shape index (κ1) is 22.6. The molecule has 35 heavy (non-hydrogen) atoms. The number of amides is 1. The summed E-state index contributed by atoms with van der Waals surface area (Å²) in [5, 5.41) is 4.07. The van der Waals surface area contributed by atoms with E-state index in [0.717, 1.165) is 15.8 Å². The van der Waals surface area contributed by atoms with Gasteiger partial charge in [-0.15, -0.1) is 11.3 Å². The summed E-state index contributed by atoms with van der Waals surface area (Å²) in [6.45, 7) is 0.119. The maximum atomic E-state index is 13.2. The van der Waals surface area contributed by atoms with E-state index >= 15 is 0 Å². The third kappa shape index (κ3) is 5.02. The van der Waals surface area contributed by atoms with Crippen molar-refractivity contribution in [2.45, 2.75) is 13.0 Å². The predicted octanol–water partition coefficient (Wildman–Crippen LogP) is 6.46. The van der Waals surface area contributed by atoms with Crippen molar-refractivity contribution in [2.24, 2.45) is 0 Å². The molecule has 0 saturated heterocycles. The molecule has 0 spiro atoms. The van der Waals surface area contributed by atoms with E-state index < -0.39 is 5.91 Å². The van der Waals surface area contributed by atoms with Gasteiger partial charge in [0.2, 0.25) is 0 Å². The monoisotopic (exact) mass is 488 g/mol. The number of aromatic nitrogens is 1. The maximum absolute atomic E-state index is 13.2. The highest BCUT2D eigenvalue weighted by Crippen LogP contribution is 2.31. The van der Waals surface area contributed by atoms with Crippen molar-refractivity contribution in [3.05, 3.63) is 107 Å². The van der Waals surface area contributed by atoms with E-state index in [-0.39, 0.29) is 18.2 Å². The Labute approximate surface area is 205 Å². The number of halogens is 1. The van der Waals surface area contributed by atoms with Gasteiger partial charge in [0.05, 0.1) is 7.11 Å². The molecule has 5 aromatic rings. The van der Waals surface area contributed by atoms with Crippen LogP contribution in [0.15, 0.2) is 83.4 Å². The summed E-state index contributed by atoms with van der Waals surface area (Å²) in [7, 11) is 1.58. The third-order valence-corrected chi connectivity index (χ3v) is 6.32. The number of nitrogens with zero attached hydrogens (tertiary/aromatic N) is 1. The number of ether oxygens (including phenoxy) is 2. The van der Waals surface area contributed by atoms with Gasteiger partial charge < -0.3 is 13.9 Å². The van der Waals surface area contributed by atoms with Gasteiger partial charge in [-0.05, 0) is 35.9 Å². The Bertz CT molecular complexity index is 1480. The highest BCUT2D eigenvalue weighted by molar-refractivity contribution is 7.15. The van der Waals surface area contributed by atoms with E-state index in [1.807, 2.05) is 42.5 Å². The van der Waals surface area contributed by atoms with Crippen LogP contribution in [0.2, 0.25) is 0 Å². The number of rotatable bonds is 8. The quantitative estimate of drug-likeness (QED) is 0.271. The fourth-order valence-electron chi connectivity index (χ4n) is 3.72. The van der Waals surface area contributed by atoms with Crippen molar-refractivity contribution in [3.8, 4) is 11.5 Å². The van der Waals surface area contributed by atoms with Gasteiger partial charge in [-0.2, -0.15) is 0 Å². The predicted molar refractivity (Wildman–Crippen MR) is 133 cm³/mol.